The lowest BCUT2D eigenvalue weighted by atomic mass is 10.2. The van der Waals surface area contributed by atoms with Gasteiger partial charge >= 0.3 is 0 Å². The SMILES string of the molecule is NC(=O)c1cc(Br)c(Br)cc1O. The number of carbonyl (C=O) groups excluding carboxylic acids is 1. The highest BCUT2D eigenvalue weighted by Gasteiger charge is 2.09. The Kier molecular flexibility index (Phi) is 2.74. The molecule has 1 aromatic carbocycles. The molecule has 0 aliphatic rings. The van der Waals surface area contributed by atoms with Crippen molar-refractivity contribution in [3.63, 3.8) is 0 Å². The van der Waals surface area contributed by atoms with Gasteiger partial charge in [-0.25, -0.2) is 0 Å². The third-order valence-corrected chi connectivity index (χ3v) is 3.15. The standard InChI is InChI=1S/C7H5Br2NO2/c8-4-1-3(7(10)12)6(11)2-5(4)9/h1-2,11H,(H2,10,12). The van der Waals surface area contributed by atoms with Crippen molar-refractivity contribution in [1.82, 2.24) is 0 Å². The summed E-state index contributed by atoms with van der Waals surface area (Å²) < 4.78 is 1.35. The molecular weight excluding hydrogens is 290 g/mol. The van der Waals surface area contributed by atoms with E-state index >= 15 is 0 Å². The van der Waals surface area contributed by atoms with E-state index in [2.05, 4.69) is 31.9 Å². The summed E-state index contributed by atoms with van der Waals surface area (Å²) in [6.07, 6.45) is 0. The van der Waals surface area contributed by atoms with E-state index in [1.165, 1.54) is 12.1 Å². The first-order chi connectivity index (χ1) is 5.52. The van der Waals surface area contributed by atoms with Crippen LogP contribution in [0.25, 0.3) is 0 Å². The van der Waals surface area contributed by atoms with Gasteiger partial charge in [0.15, 0.2) is 0 Å². The molecule has 0 unspecified atom stereocenters. The zero-order chi connectivity index (χ0) is 9.30. The zero-order valence-corrected chi connectivity index (χ0v) is 9.02. The molecule has 0 radical (unpaired) electrons. The molecule has 0 saturated carbocycles. The van der Waals surface area contributed by atoms with Crippen LogP contribution < -0.4 is 5.73 Å². The van der Waals surface area contributed by atoms with Gasteiger partial charge in [-0.15, -0.1) is 0 Å². The van der Waals surface area contributed by atoms with Crippen molar-refractivity contribution in [2.24, 2.45) is 5.73 Å². The number of amides is 1. The number of hydrogen-bond donors (Lipinski definition) is 2. The fourth-order valence-electron chi connectivity index (χ4n) is 0.734. The highest BCUT2D eigenvalue weighted by atomic mass is 79.9. The van der Waals surface area contributed by atoms with Crippen molar-refractivity contribution in [1.29, 1.82) is 0 Å². The van der Waals surface area contributed by atoms with E-state index in [0.29, 0.717) is 8.95 Å². The summed E-state index contributed by atoms with van der Waals surface area (Å²) in [5, 5.41) is 9.23. The molecule has 1 amide bonds. The first-order valence-electron chi connectivity index (χ1n) is 3.00. The Morgan fingerprint density at radius 3 is 2.33 bits per heavy atom. The van der Waals surface area contributed by atoms with Crippen LogP contribution in [0.1, 0.15) is 10.4 Å². The van der Waals surface area contributed by atoms with Crippen molar-refractivity contribution in [2.45, 2.75) is 0 Å². The largest absolute Gasteiger partial charge is 0.507 e. The smallest absolute Gasteiger partial charge is 0.252 e. The van der Waals surface area contributed by atoms with Crippen LogP contribution in [0.2, 0.25) is 0 Å². The average molecular weight is 295 g/mol. The molecule has 64 valence electrons. The summed E-state index contributed by atoms with van der Waals surface area (Å²) in [5.74, 6) is -0.779. The van der Waals surface area contributed by atoms with Gasteiger partial charge in [0, 0.05) is 8.95 Å². The lowest BCUT2D eigenvalue weighted by Gasteiger charge is -2.02. The van der Waals surface area contributed by atoms with E-state index in [0.717, 1.165) is 0 Å². The van der Waals surface area contributed by atoms with Gasteiger partial charge in [0.1, 0.15) is 5.75 Å². The Labute approximate surface area is 85.8 Å². The molecule has 3 nitrogen and oxygen atoms in total. The Balaban J connectivity index is 3.33. The van der Waals surface area contributed by atoms with Crippen LogP contribution >= 0.6 is 31.9 Å². The van der Waals surface area contributed by atoms with Crippen LogP contribution in [0.5, 0.6) is 5.75 Å². The number of aromatic hydroxyl groups is 1. The minimum absolute atomic E-state index is 0.102. The van der Waals surface area contributed by atoms with Crippen LogP contribution in [0.15, 0.2) is 21.1 Å². The molecular formula is C7H5Br2NO2. The Morgan fingerprint density at radius 2 is 1.83 bits per heavy atom. The maximum atomic E-state index is 10.7. The normalized spacial score (nSPS) is 9.83. The summed E-state index contributed by atoms with van der Waals surface area (Å²) >= 11 is 6.35. The molecule has 0 aliphatic heterocycles. The number of hydrogen-bond acceptors (Lipinski definition) is 2. The molecule has 0 fully saturated rings. The Bertz CT molecular complexity index is 338. The van der Waals surface area contributed by atoms with Crippen LogP contribution in [0.3, 0.4) is 0 Å². The van der Waals surface area contributed by atoms with Crippen LogP contribution in [-0.4, -0.2) is 11.0 Å². The number of primary amides is 1. The monoisotopic (exact) mass is 293 g/mol. The molecule has 1 aromatic rings. The van der Waals surface area contributed by atoms with Crippen LogP contribution in [0.4, 0.5) is 0 Å². The second kappa shape index (κ2) is 3.45. The highest BCUT2D eigenvalue weighted by molar-refractivity contribution is 9.13. The molecule has 0 atom stereocenters. The van der Waals surface area contributed by atoms with E-state index in [1.54, 1.807) is 0 Å². The molecule has 1 rings (SSSR count). The number of rotatable bonds is 1. The highest BCUT2D eigenvalue weighted by Crippen LogP contribution is 2.29. The summed E-state index contributed by atoms with van der Waals surface area (Å²) in [4.78, 5) is 10.7. The summed E-state index contributed by atoms with van der Waals surface area (Å²) in [7, 11) is 0. The molecule has 0 heterocycles. The molecule has 5 heteroatoms. The molecule has 0 aromatic heterocycles. The Morgan fingerprint density at radius 1 is 1.33 bits per heavy atom. The molecule has 12 heavy (non-hydrogen) atoms. The van der Waals surface area contributed by atoms with Gasteiger partial charge in [0.2, 0.25) is 0 Å². The fraction of sp³-hybridized carbons (Fsp3) is 0. The summed E-state index contributed by atoms with van der Waals surface area (Å²) in [6, 6.07) is 2.87. The van der Waals surface area contributed by atoms with Gasteiger partial charge in [-0.2, -0.15) is 0 Å². The van der Waals surface area contributed by atoms with E-state index < -0.39 is 5.91 Å². The first-order valence-corrected chi connectivity index (χ1v) is 4.59. The predicted molar refractivity (Wildman–Crippen MR) is 52.0 cm³/mol. The number of nitrogens with two attached hydrogens (primary N) is 1. The lowest BCUT2D eigenvalue weighted by molar-refractivity contribution is 0.0997. The molecule has 0 aliphatic carbocycles. The van der Waals surface area contributed by atoms with E-state index in [-0.39, 0.29) is 11.3 Å². The van der Waals surface area contributed by atoms with E-state index in [4.69, 9.17) is 5.73 Å². The van der Waals surface area contributed by atoms with Gasteiger partial charge in [0.25, 0.3) is 5.91 Å². The van der Waals surface area contributed by atoms with Crippen molar-refractivity contribution in [3.8, 4) is 5.75 Å². The maximum absolute atomic E-state index is 10.7. The lowest BCUT2D eigenvalue weighted by Crippen LogP contribution is -2.11. The van der Waals surface area contributed by atoms with Crippen molar-refractivity contribution in [2.75, 3.05) is 0 Å². The second-order valence-corrected chi connectivity index (χ2v) is 3.86. The second-order valence-electron chi connectivity index (χ2n) is 2.15. The Hall–Kier alpha value is -0.550. The van der Waals surface area contributed by atoms with Crippen molar-refractivity contribution < 1.29 is 9.90 Å². The summed E-state index contributed by atoms with van der Waals surface area (Å²) in [6.45, 7) is 0. The third-order valence-electron chi connectivity index (χ3n) is 1.30. The minimum atomic E-state index is -0.652. The van der Waals surface area contributed by atoms with Gasteiger partial charge in [0.05, 0.1) is 5.56 Å². The molecule has 3 N–H and O–H groups in total. The molecule has 0 bridgehead atoms. The van der Waals surface area contributed by atoms with Crippen LogP contribution in [0, 0.1) is 0 Å². The van der Waals surface area contributed by atoms with Gasteiger partial charge in [-0.05, 0) is 44.0 Å². The minimum Gasteiger partial charge on any atom is -0.507 e. The third kappa shape index (κ3) is 1.78. The topological polar surface area (TPSA) is 63.3 Å². The average Bonchev–Trinajstić information content (AvgIpc) is 1.96. The summed E-state index contributed by atoms with van der Waals surface area (Å²) in [5.41, 5.74) is 5.10. The van der Waals surface area contributed by atoms with Gasteiger partial charge in [-0.3, -0.25) is 4.79 Å². The first kappa shape index (κ1) is 9.54. The zero-order valence-electron chi connectivity index (χ0n) is 5.84. The number of benzene rings is 1. The molecule has 0 saturated heterocycles. The van der Waals surface area contributed by atoms with Crippen LogP contribution in [-0.2, 0) is 0 Å². The maximum Gasteiger partial charge on any atom is 0.252 e. The predicted octanol–water partition coefficient (Wildman–Crippen LogP) is 2.02. The molecule has 0 spiro atoms. The fourth-order valence-corrected chi connectivity index (χ4v) is 1.41. The van der Waals surface area contributed by atoms with Gasteiger partial charge < -0.3 is 10.8 Å². The quantitative estimate of drug-likeness (QED) is 0.832. The van der Waals surface area contributed by atoms with E-state index in [9.17, 15) is 9.90 Å². The van der Waals surface area contributed by atoms with Gasteiger partial charge in [-0.1, -0.05) is 0 Å². The van der Waals surface area contributed by atoms with Crippen molar-refractivity contribution >= 4 is 37.8 Å². The van der Waals surface area contributed by atoms with Crippen molar-refractivity contribution in [3.05, 3.63) is 26.6 Å². The number of halogens is 2. The van der Waals surface area contributed by atoms with E-state index in [1.807, 2.05) is 0 Å². The number of phenols is 1. The number of carbonyl (C=O) groups is 1.